The van der Waals surface area contributed by atoms with E-state index in [9.17, 15) is 0 Å². The minimum atomic E-state index is 0.360. The number of nitrogens with one attached hydrogen (secondary N) is 1. The normalized spacial score (nSPS) is 24.7. The molecule has 4 heteroatoms. The first-order chi connectivity index (χ1) is 6.31. The average molecular weight is 185 g/mol. The van der Waals surface area contributed by atoms with Crippen molar-refractivity contribution in [2.45, 2.75) is 19.4 Å². The molecule has 0 bridgehead atoms. The third kappa shape index (κ3) is 2.59. The maximum Gasteiger partial charge on any atom is 0.193 e. The molecule has 1 saturated heterocycles. The van der Waals surface area contributed by atoms with Gasteiger partial charge < -0.3 is 15.0 Å². The molecule has 1 aliphatic rings. The fraction of sp³-hybridized carbons (Fsp3) is 0.889. The summed E-state index contributed by atoms with van der Waals surface area (Å²) < 4.78 is 5.57. The molecule has 13 heavy (non-hydrogen) atoms. The van der Waals surface area contributed by atoms with Crippen LogP contribution in [0.2, 0.25) is 0 Å². The summed E-state index contributed by atoms with van der Waals surface area (Å²) in [5.41, 5.74) is 0. The van der Waals surface area contributed by atoms with Gasteiger partial charge in [0.05, 0.1) is 12.7 Å². The summed E-state index contributed by atoms with van der Waals surface area (Å²) in [5, 5.41) is 3.09. The van der Waals surface area contributed by atoms with Gasteiger partial charge in [-0.2, -0.15) is 0 Å². The molecule has 1 aliphatic heterocycles. The predicted octanol–water partition coefficient (Wildman–Crippen LogP) is 0.302. The second kappa shape index (κ2) is 5.07. The molecular formula is C9H19N3O. The molecule has 0 spiro atoms. The summed E-state index contributed by atoms with van der Waals surface area (Å²) in [6, 6.07) is 0. The van der Waals surface area contributed by atoms with Crippen LogP contribution >= 0.6 is 0 Å². The number of hydrogen-bond donors (Lipinski definition) is 1. The van der Waals surface area contributed by atoms with E-state index >= 15 is 0 Å². The largest absolute Gasteiger partial charge is 0.375 e. The fourth-order valence-corrected chi connectivity index (χ4v) is 1.57. The Bertz CT molecular complexity index is 182. The zero-order chi connectivity index (χ0) is 9.68. The van der Waals surface area contributed by atoms with Crippen LogP contribution in [0.15, 0.2) is 4.99 Å². The molecule has 0 saturated carbocycles. The summed E-state index contributed by atoms with van der Waals surface area (Å²) in [6.45, 7) is 4.84. The lowest BCUT2D eigenvalue weighted by Crippen LogP contribution is -2.49. The van der Waals surface area contributed by atoms with Crippen molar-refractivity contribution < 1.29 is 4.74 Å². The molecule has 76 valence electrons. The van der Waals surface area contributed by atoms with Crippen LogP contribution in [-0.4, -0.2) is 50.8 Å². The van der Waals surface area contributed by atoms with Crippen LogP contribution in [-0.2, 0) is 4.74 Å². The van der Waals surface area contributed by atoms with Gasteiger partial charge in [-0.3, -0.25) is 4.99 Å². The lowest BCUT2D eigenvalue weighted by atomic mass is 10.2. The minimum Gasteiger partial charge on any atom is -0.375 e. The first-order valence-corrected chi connectivity index (χ1v) is 4.82. The van der Waals surface area contributed by atoms with E-state index in [1.807, 2.05) is 14.1 Å². The van der Waals surface area contributed by atoms with Crippen LogP contribution in [0.4, 0.5) is 0 Å². The van der Waals surface area contributed by atoms with Crippen LogP contribution in [0.1, 0.15) is 13.3 Å². The number of ether oxygens (including phenoxy) is 1. The van der Waals surface area contributed by atoms with Gasteiger partial charge in [-0.05, 0) is 6.42 Å². The Morgan fingerprint density at radius 3 is 3.00 bits per heavy atom. The Hall–Kier alpha value is -0.770. The lowest BCUT2D eigenvalue weighted by Gasteiger charge is -2.34. The second-order valence-electron chi connectivity index (χ2n) is 3.14. The first-order valence-electron chi connectivity index (χ1n) is 4.82. The highest BCUT2D eigenvalue weighted by Gasteiger charge is 2.20. The highest BCUT2D eigenvalue weighted by molar-refractivity contribution is 5.79. The van der Waals surface area contributed by atoms with Gasteiger partial charge in [-0.25, -0.2) is 0 Å². The summed E-state index contributed by atoms with van der Waals surface area (Å²) in [7, 11) is 3.71. The van der Waals surface area contributed by atoms with Crippen LogP contribution in [0, 0.1) is 0 Å². The minimum absolute atomic E-state index is 0.360. The molecule has 0 amide bonds. The van der Waals surface area contributed by atoms with E-state index in [4.69, 9.17) is 4.74 Å². The monoisotopic (exact) mass is 185 g/mol. The zero-order valence-electron chi connectivity index (χ0n) is 8.71. The van der Waals surface area contributed by atoms with E-state index in [2.05, 4.69) is 22.1 Å². The second-order valence-corrected chi connectivity index (χ2v) is 3.14. The van der Waals surface area contributed by atoms with E-state index in [1.165, 1.54) is 0 Å². The first kappa shape index (κ1) is 10.3. The molecule has 1 atom stereocenters. The summed E-state index contributed by atoms with van der Waals surface area (Å²) in [4.78, 5) is 6.41. The maximum absolute atomic E-state index is 5.57. The van der Waals surface area contributed by atoms with Gasteiger partial charge >= 0.3 is 0 Å². The Morgan fingerprint density at radius 2 is 2.46 bits per heavy atom. The van der Waals surface area contributed by atoms with E-state index in [0.717, 1.165) is 32.1 Å². The Labute approximate surface area is 80.0 Å². The molecule has 1 heterocycles. The van der Waals surface area contributed by atoms with E-state index in [0.29, 0.717) is 6.10 Å². The summed E-state index contributed by atoms with van der Waals surface area (Å²) in [5.74, 6) is 0.960. The van der Waals surface area contributed by atoms with Gasteiger partial charge in [0.25, 0.3) is 0 Å². The van der Waals surface area contributed by atoms with Crippen molar-refractivity contribution in [1.82, 2.24) is 10.2 Å². The van der Waals surface area contributed by atoms with Crippen LogP contribution < -0.4 is 5.32 Å². The predicted molar refractivity (Wildman–Crippen MR) is 54.0 cm³/mol. The van der Waals surface area contributed by atoms with Crippen molar-refractivity contribution in [3.8, 4) is 0 Å². The molecular weight excluding hydrogens is 166 g/mol. The van der Waals surface area contributed by atoms with Gasteiger partial charge in [0.2, 0.25) is 0 Å². The quantitative estimate of drug-likeness (QED) is 0.471. The SMILES string of the molecule is CCC1CN(C(=NC)NC)CCO1. The summed E-state index contributed by atoms with van der Waals surface area (Å²) in [6.07, 6.45) is 1.43. The Morgan fingerprint density at radius 1 is 1.69 bits per heavy atom. The Kier molecular flexibility index (Phi) is 4.02. The topological polar surface area (TPSA) is 36.9 Å². The van der Waals surface area contributed by atoms with E-state index in [-0.39, 0.29) is 0 Å². The van der Waals surface area contributed by atoms with E-state index in [1.54, 1.807) is 0 Å². The van der Waals surface area contributed by atoms with Crippen molar-refractivity contribution in [3.05, 3.63) is 0 Å². The number of rotatable bonds is 1. The maximum atomic E-state index is 5.57. The molecule has 1 fully saturated rings. The molecule has 0 radical (unpaired) electrons. The van der Waals surface area contributed by atoms with Crippen molar-refractivity contribution in [2.75, 3.05) is 33.8 Å². The van der Waals surface area contributed by atoms with Gasteiger partial charge in [-0.1, -0.05) is 6.92 Å². The highest BCUT2D eigenvalue weighted by atomic mass is 16.5. The molecule has 0 aromatic carbocycles. The van der Waals surface area contributed by atoms with Crippen LogP contribution in [0.5, 0.6) is 0 Å². The molecule has 4 nitrogen and oxygen atoms in total. The fourth-order valence-electron chi connectivity index (χ4n) is 1.57. The van der Waals surface area contributed by atoms with Crippen molar-refractivity contribution in [3.63, 3.8) is 0 Å². The number of guanidine groups is 1. The molecule has 0 aromatic heterocycles. The van der Waals surface area contributed by atoms with Crippen molar-refractivity contribution >= 4 is 5.96 Å². The summed E-state index contributed by atoms with van der Waals surface area (Å²) >= 11 is 0. The molecule has 1 unspecified atom stereocenters. The van der Waals surface area contributed by atoms with E-state index < -0.39 is 0 Å². The van der Waals surface area contributed by atoms with Crippen molar-refractivity contribution in [2.24, 2.45) is 4.99 Å². The lowest BCUT2D eigenvalue weighted by molar-refractivity contribution is -0.00793. The number of nitrogens with zero attached hydrogens (tertiary/aromatic N) is 2. The molecule has 0 aromatic rings. The highest BCUT2D eigenvalue weighted by Crippen LogP contribution is 2.07. The number of hydrogen-bond acceptors (Lipinski definition) is 2. The van der Waals surface area contributed by atoms with Crippen molar-refractivity contribution in [1.29, 1.82) is 0 Å². The van der Waals surface area contributed by atoms with Gasteiger partial charge in [0.15, 0.2) is 5.96 Å². The Balaban J connectivity index is 2.50. The standard InChI is InChI=1S/C9H19N3O/c1-4-8-7-12(5-6-13-8)9(10-2)11-3/h8H,4-7H2,1-3H3,(H,10,11). The zero-order valence-corrected chi connectivity index (χ0v) is 8.71. The molecule has 1 rings (SSSR count). The third-order valence-electron chi connectivity index (χ3n) is 2.33. The third-order valence-corrected chi connectivity index (χ3v) is 2.33. The molecule has 0 aliphatic carbocycles. The smallest absolute Gasteiger partial charge is 0.193 e. The molecule has 1 N–H and O–H groups in total. The number of morpholine rings is 1. The van der Waals surface area contributed by atoms with Crippen LogP contribution in [0.25, 0.3) is 0 Å². The van der Waals surface area contributed by atoms with Gasteiger partial charge in [-0.15, -0.1) is 0 Å². The number of aliphatic imine (C=N–C) groups is 1. The van der Waals surface area contributed by atoms with Gasteiger partial charge in [0.1, 0.15) is 0 Å². The average Bonchev–Trinajstić information content (AvgIpc) is 2.20. The van der Waals surface area contributed by atoms with Gasteiger partial charge in [0, 0.05) is 27.2 Å². The van der Waals surface area contributed by atoms with Crippen LogP contribution in [0.3, 0.4) is 0 Å².